The first-order valence-corrected chi connectivity index (χ1v) is 5.03. The maximum absolute atomic E-state index is 5.95. The van der Waals surface area contributed by atoms with Crippen LogP contribution in [-0.4, -0.2) is 0 Å². The van der Waals surface area contributed by atoms with Crippen molar-refractivity contribution in [2.75, 3.05) is 0 Å². The molecule has 0 unspecified atom stereocenters. The Morgan fingerprint density at radius 3 is 2.85 bits per heavy atom. The second-order valence-electron chi connectivity index (χ2n) is 3.39. The van der Waals surface area contributed by atoms with Crippen molar-refractivity contribution in [3.05, 3.63) is 33.3 Å². The summed E-state index contributed by atoms with van der Waals surface area (Å²) in [6, 6.07) is 4.51. The van der Waals surface area contributed by atoms with Crippen LogP contribution in [0.3, 0.4) is 0 Å². The van der Waals surface area contributed by atoms with Gasteiger partial charge in [-0.2, -0.15) is 0 Å². The van der Waals surface area contributed by atoms with E-state index in [0.717, 1.165) is 12.8 Å². The molecular weight excluding hydrogens is 249 g/mol. The van der Waals surface area contributed by atoms with Crippen molar-refractivity contribution in [2.45, 2.75) is 25.8 Å². The van der Waals surface area contributed by atoms with Gasteiger partial charge in [0, 0.05) is 10.5 Å². The first-order chi connectivity index (χ1) is 5.70. The second-order valence-corrected chi connectivity index (χ2v) is 4.24. The van der Waals surface area contributed by atoms with Crippen molar-refractivity contribution < 1.29 is 0 Å². The van der Waals surface area contributed by atoms with Crippen molar-refractivity contribution in [1.29, 1.82) is 0 Å². The highest BCUT2D eigenvalue weighted by atomic mass is 79.9. The van der Waals surface area contributed by atoms with Gasteiger partial charge in [-0.25, -0.2) is 0 Å². The van der Waals surface area contributed by atoms with Gasteiger partial charge >= 0.3 is 0 Å². The van der Waals surface area contributed by atoms with Gasteiger partial charge in [0.15, 0.2) is 0 Å². The standard InChI is InChI=1S/C10H12BrN.ClH/c1-6-7-3-5-10(12)8(7)2-4-9(6)11;/h2,4,10H,3,5,12H2,1H3;1H/t10-;/m1./s1. The normalized spacial score (nSPS) is 19.5. The average molecular weight is 263 g/mol. The van der Waals surface area contributed by atoms with Crippen LogP contribution in [0.2, 0.25) is 0 Å². The number of nitrogens with two attached hydrogens (primary N) is 1. The molecule has 0 amide bonds. The van der Waals surface area contributed by atoms with Gasteiger partial charge in [0.25, 0.3) is 0 Å². The summed E-state index contributed by atoms with van der Waals surface area (Å²) in [5.41, 5.74) is 10.1. The quantitative estimate of drug-likeness (QED) is 0.764. The molecule has 72 valence electrons. The van der Waals surface area contributed by atoms with Gasteiger partial charge < -0.3 is 5.73 Å². The van der Waals surface area contributed by atoms with E-state index in [1.165, 1.54) is 21.2 Å². The predicted octanol–water partition coefficient (Wildman–Crippen LogP) is 3.13. The van der Waals surface area contributed by atoms with Crippen LogP contribution in [0.25, 0.3) is 0 Å². The second kappa shape index (κ2) is 3.99. The Hall–Kier alpha value is -0.0500. The zero-order valence-corrected chi connectivity index (χ0v) is 9.91. The van der Waals surface area contributed by atoms with E-state index in [0.29, 0.717) is 0 Å². The van der Waals surface area contributed by atoms with Gasteiger partial charge in [0.1, 0.15) is 0 Å². The molecule has 0 aromatic heterocycles. The van der Waals surface area contributed by atoms with Crippen molar-refractivity contribution in [3.63, 3.8) is 0 Å². The maximum atomic E-state index is 5.95. The Balaban J connectivity index is 0.000000845. The summed E-state index contributed by atoms with van der Waals surface area (Å²) in [7, 11) is 0. The van der Waals surface area contributed by atoms with Crippen LogP contribution in [0.15, 0.2) is 16.6 Å². The van der Waals surface area contributed by atoms with Crippen LogP contribution >= 0.6 is 28.3 Å². The molecule has 2 N–H and O–H groups in total. The monoisotopic (exact) mass is 261 g/mol. The molecule has 2 rings (SSSR count). The van der Waals surface area contributed by atoms with E-state index in [1.807, 2.05) is 0 Å². The molecule has 0 radical (unpaired) electrons. The van der Waals surface area contributed by atoms with E-state index in [1.54, 1.807) is 0 Å². The fraction of sp³-hybridized carbons (Fsp3) is 0.400. The summed E-state index contributed by atoms with van der Waals surface area (Å²) in [5, 5.41) is 0. The number of halogens is 2. The Morgan fingerprint density at radius 1 is 1.46 bits per heavy atom. The van der Waals surface area contributed by atoms with Gasteiger partial charge in [-0.15, -0.1) is 12.4 Å². The van der Waals surface area contributed by atoms with E-state index in [-0.39, 0.29) is 18.4 Å². The van der Waals surface area contributed by atoms with Gasteiger partial charge in [-0.3, -0.25) is 0 Å². The van der Waals surface area contributed by atoms with E-state index in [4.69, 9.17) is 5.73 Å². The fourth-order valence-corrected chi connectivity index (χ4v) is 2.26. The fourth-order valence-electron chi connectivity index (χ4n) is 1.88. The molecule has 0 heterocycles. The highest BCUT2D eigenvalue weighted by Gasteiger charge is 2.20. The summed E-state index contributed by atoms with van der Waals surface area (Å²) < 4.78 is 1.20. The lowest BCUT2D eigenvalue weighted by molar-refractivity contribution is 0.713. The van der Waals surface area contributed by atoms with Gasteiger partial charge in [-0.05, 0) is 42.5 Å². The molecule has 1 aliphatic carbocycles. The Labute approximate surface area is 93.2 Å². The average Bonchev–Trinajstić information content (AvgIpc) is 2.41. The molecule has 13 heavy (non-hydrogen) atoms. The molecule has 1 nitrogen and oxygen atoms in total. The van der Waals surface area contributed by atoms with Crippen molar-refractivity contribution in [3.8, 4) is 0 Å². The molecule has 0 spiro atoms. The SMILES string of the molecule is Cc1c(Br)ccc2c1CC[C@H]2N.Cl. The number of benzene rings is 1. The van der Waals surface area contributed by atoms with Crippen LogP contribution in [0.1, 0.15) is 29.2 Å². The number of hydrogen-bond donors (Lipinski definition) is 1. The highest BCUT2D eigenvalue weighted by molar-refractivity contribution is 9.10. The molecule has 0 saturated heterocycles. The Kier molecular flexibility index (Phi) is 3.38. The topological polar surface area (TPSA) is 26.0 Å². The first-order valence-electron chi connectivity index (χ1n) is 4.23. The zero-order chi connectivity index (χ0) is 8.72. The van der Waals surface area contributed by atoms with E-state index in [9.17, 15) is 0 Å². The lowest BCUT2D eigenvalue weighted by atomic mass is 10.0. The van der Waals surface area contributed by atoms with Crippen molar-refractivity contribution in [2.24, 2.45) is 5.73 Å². The lowest BCUT2D eigenvalue weighted by Gasteiger charge is -2.07. The number of fused-ring (bicyclic) bond motifs is 1. The third-order valence-corrected chi connectivity index (χ3v) is 3.53. The molecular formula is C10H13BrClN. The molecule has 1 aliphatic rings. The smallest absolute Gasteiger partial charge is 0.0300 e. The van der Waals surface area contributed by atoms with Gasteiger partial charge in [-0.1, -0.05) is 22.0 Å². The van der Waals surface area contributed by atoms with Crippen molar-refractivity contribution >= 4 is 28.3 Å². The predicted molar refractivity (Wildman–Crippen MR) is 61.4 cm³/mol. The summed E-state index contributed by atoms with van der Waals surface area (Å²) in [4.78, 5) is 0. The van der Waals surface area contributed by atoms with Crippen molar-refractivity contribution in [1.82, 2.24) is 0 Å². The van der Waals surface area contributed by atoms with Gasteiger partial charge in [0.05, 0.1) is 0 Å². The van der Waals surface area contributed by atoms with E-state index >= 15 is 0 Å². The highest BCUT2D eigenvalue weighted by Crippen LogP contribution is 2.34. The minimum atomic E-state index is 0. The van der Waals surface area contributed by atoms with E-state index in [2.05, 4.69) is 35.0 Å². The van der Waals surface area contributed by atoms with Gasteiger partial charge in [0.2, 0.25) is 0 Å². The third kappa shape index (κ3) is 1.76. The van der Waals surface area contributed by atoms with Crippen LogP contribution < -0.4 is 5.73 Å². The summed E-state index contributed by atoms with van der Waals surface area (Å²) >= 11 is 3.53. The maximum Gasteiger partial charge on any atom is 0.0300 e. The Bertz CT molecular complexity index is 325. The molecule has 1 atom stereocenters. The third-order valence-electron chi connectivity index (χ3n) is 2.67. The van der Waals surface area contributed by atoms with Crippen LogP contribution in [-0.2, 0) is 6.42 Å². The lowest BCUT2D eigenvalue weighted by Crippen LogP contribution is -2.05. The molecule has 0 bridgehead atoms. The molecule has 1 aromatic rings. The minimum absolute atomic E-state index is 0. The minimum Gasteiger partial charge on any atom is -0.324 e. The van der Waals surface area contributed by atoms with E-state index < -0.39 is 0 Å². The Morgan fingerprint density at radius 2 is 2.15 bits per heavy atom. The molecule has 1 aromatic carbocycles. The van der Waals surface area contributed by atoms with Crippen LogP contribution in [0.4, 0.5) is 0 Å². The first kappa shape index (κ1) is 11.0. The number of rotatable bonds is 0. The van der Waals surface area contributed by atoms with Crippen LogP contribution in [0, 0.1) is 6.92 Å². The molecule has 0 fully saturated rings. The van der Waals surface area contributed by atoms with Crippen LogP contribution in [0.5, 0.6) is 0 Å². The largest absolute Gasteiger partial charge is 0.324 e. The zero-order valence-electron chi connectivity index (χ0n) is 7.51. The summed E-state index contributed by atoms with van der Waals surface area (Å²) in [6.07, 6.45) is 2.24. The summed E-state index contributed by atoms with van der Waals surface area (Å²) in [6.45, 7) is 2.15. The molecule has 0 aliphatic heterocycles. The molecule has 0 saturated carbocycles. The number of hydrogen-bond acceptors (Lipinski definition) is 1. The summed E-state index contributed by atoms with van der Waals surface area (Å²) in [5.74, 6) is 0. The molecule has 3 heteroatoms.